The quantitative estimate of drug-likeness (QED) is 0.673. The van der Waals surface area contributed by atoms with Crippen LogP contribution in [0.25, 0.3) is 0 Å². The molecule has 0 aliphatic heterocycles. The summed E-state index contributed by atoms with van der Waals surface area (Å²) >= 11 is 0. The van der Waals surface area contributed by atoms with Crippen molar-refractivity contribution in [2.75, 3.05) is 12.4 Å². The van der Waals surface area contributed by atoms with Crippen molar-refractivity contribution < 1.29 is 0 Å². The van der Waals surface area contributed by atoms with E-state index in [2.05, 4.69) is 28.7 Å². The molecule has 1 aromatic rings. The summed E-state index contributed by atoms with van der Waals surface area (Å²) in [6, 6.07) is 0.477. The van der Waals surface area contributed by atoms with Crippen LogP contribution < -0.4 is 5.32 Å². The molecule has 56 valence electrons. The first kappa shape index (κ1) is 7.12. The Balaban J connectivity index is 2.90. The summed E-state index contributed by atoms with van der Waals surface area (Å²) in [6.07, 6.45) is 3.77. The van der Waals surface area contributed by atoms with Gasteiger partial charge in [-0.2, -0.15) is 0 Å². The van der Waals surface area contributed by atoms with E-state index in [9.17, 15) is 0 Å². The van der Waals surface area contributed by atoms with Gasteiger partial charge in [0.15, 0.2) is 0 Å². The topological polar surface area (TPSA) is 29.9 Å². The van der Waals surface area contributed by atoms with E-state index in [1.165, 1.54) is 0 Å². The van der Waals surface area contributed by atoms with Crippen molar-refractivity contribution in [2.45, 2.75) is 19.9 Å². The van der Waals surface area contributed by atoms with Gasteiger partial charge in [-0.1, -0.05) is 0 Å². The van der Waals surface area contributed by atoms with Crippen LogP contribution in [0.3, 0.4) is 0 Å². The zero-order valence-corrected chi connectivity index (χ0v) is 6.63. The number of aromatic nitrogens is 2. The fraction of sp³-hybridized carbons (Fsp3) is 0.571. The monoisotopic (exact) mass is 139 g/mol. The molecule has 0 radical (unpaired) electrons. The van der Waals surface area contributed by atoms with Gasteiger partial charge in [-0.05, 0) is 13.8 Å². The average molecular weight is 139 g/mol. The Morgan fingerprint density at radius 2 is 2.30 bits per heavy atom. The van der Waals surface area contributed by atoms with Crippen LogP contribution in [-0.2, 0) is 0 Å². The Morgan fingerprint density at radius 3 is 2.70 bits per heavy atom. The summed E-state index contributed by atoms with van der Waals surface area (Å²) in [7, 11) is 1.88. The highest BCUT2D eigenvalue weighted by Gasteiger charge is 2.01. The van der Waals surface area contributed by atoms with Gasteiger partial charge >= 0.3 is 0 Å². The largest absolute Gasteiger partial charge is 0.359 e. The third-order valence-electron chi connectivity index (χ3n) is 1.45. The molecule has 0 saturated heterocycles. The number of nitrogens with zero attached hydrogens (tertiary/aromatic N) is 2. The summed E-state index contributed by atoms with van der Waals surface area (Å²) in [5.74, 6) is 0.926. The predicted molar refractivity (Wildman–Crippen MR) is 42.2 cm³/mol. The van der Waals surface area contributed by atoms with E-state index in [0.29, 0.717) is 6.04 Å². The maximum Gasteiger partial charge on any atom is 0.202 e. The van der Waals surface area contributed by atoms with Gasteiger partial charge in [0.1, 0.15) is 0 Å². The molecule has 0 unspecified atom stereocenters. The third kappa shape index (κ3) is 1.12. The Morgan fingerprint density at radius 1 is 1.60 bits per heavy atom. The second-order valence-corrected chi connectivity index (χ2v) is 2.50. The molecule has 3 nitrogen and oxygen atoms in total. The Hall–Kier alpha value is -0.990. The Bertz CT molecular complexity index is 202. The number of rotatable bonds is 2. The minimum Gasteiger partial charge on any atom is -0.359 e. The van der Waals surface area contributed by atoms with Crippen LogP contribution in [-0.4, -0.2) is 16.6 Å². The highest BCUT2D eigenvalue weighted by Crippen LogP contribution is 2.10. The predicted octanol–water partition coefficient (Wildman–Crippen LogP) is 1.51. The number of hydrogen-bond acceptors (Lipinski definition) is 2. The number of imidazole rings is 1. The second kappa shape index (κ2) is 2.73. The Labute approximate surface area is 61.1 Å². The van der Waals surface area contributed by atoms with Crippen molar-refractivity contribution in [2.24, 2.45) is 0 Å². The molecule has 0 amide bonds. The third-order valence-corrected chi connectivity index (χ3v) is 1.45. The lowest BCUT2D eigenvalue weighted by Crippen LogP contribution is -2.04. The van der Waals surface area contributed by atoms with E-state index in [4.69, 9.17) is 0 Å². The number of hydrogen-bond donors (Lipinski definition) is 1. The molecule has 1 aromatic heterocycles. The first-order valence-corrected chi connectivity index (χ1v) is 3.46. The lowest BCUT2D eigenvalue weighted by Gasteiger charge is -2.09. The fourth-order valence-corrected chi connectivity index (χ4v) is 0.923. The molecule has 0 aliphatic carbocycles. The standard InChI is InChI=1S/C7H13N3/c1-6(2)10-5-4-9-7(10)8-3/h4-6H,1-3H3,(H,8,9). The van der Waals surface area contributed by atoms with Gasteiger partial charge in [0.25, 0.3) is 0 Å². The minimum absolute atomic E-state index is 0.477. The summed E-state index contributed by atoms with van der Waals surface area (Å²) in [6.45, 7) is 4.26. The molecular formula is C7H13N3. The van der Waals surface area contributed by atoms with Gasteiger partial charge in [-0.25, -0.2) is 4.98 Å². The summed E-state index contributed by atoms with van der Waals surface area (Å²) in [4.78, 5) is 4.11. The van der Waals surface area contributed by atoms with E-state index in [-0.39, 0.29) is 0 Å². The van der Waals surface area contributed by atoms with Crippen LogP contribution in [0.4, 0.5) is 5.95 Å². The lowest BCUT2D eigenvalue weighted by molar-refractivity contribution is 0.607. The smallest absolute Gasteiger partial charge is 0.202 e. The van der Waals surface area contributed by atoms with Crippen molar-refractivity contribution in [1.29, 1.82) is 0 Å². The molecule has 0 aromatic carbocycles. The van der Waals surface area contributed by atoms with Crippen molar-refractivity contribution in [3.05, 3.63) is 12.4 Å². The molecule has 0 saturated carbocycles. The molecule has 1 rings (SSSR count). The summed E-state index contributed by atoms with van der Waals surface area (Å²) in [5.41, 5.74) is 0. The highest BCUT2D eigenvalue weighted by atomic mass is 15.2. The van der Waals surface area contributed by atoms with E-state index in [0.717, 1.165) is 5.95 Å². The fourth-order valence-electron chi connectivity index (χ4n) is 0.923. The zero-order chi connectivity index (χ0) is 7.56. The molecule has 0 bridgehead atoms. The first-order valence-electron chi connectivity index (χ1n) is 3.46. The number of anilines is 1. The van der Waals surface area contributed by atoms with Crippen molar-refractivity contribution in [3.8, 4) is 0 Å². The van der Waals surface area contributed by atoms with E-state index >= 15 is 0 Å². The molecular weight excluding hydrogens is 126 g/mol. The Kier molecular flexibility index (Phi) is 1.94. The van der Waals surface area contributed by atoms with Gasteiger partial charge in [0.2, 0.25) is 5.95 Å². The van der Waals surface area contributed by atoms with Gasteiger partial charge in [0, 0.05) is 25.5 Å². The zero-order valence-electron chi connectivity index (χ0n) is 6.63. The van der Waals surface area contributed by atoms with E-state index < -0.39 is 0 Å². The average Bonchev–Trinajstić information content (AvgIpc) is 2.33. The molecule has 1 heterocycles. The van der Waals surface area contributed by atoms with Crippen LogP contribution in [0.2, 0.25) is 0 Å². The van der Waals surface area contributed by atoms with Crippen molar-refractivity contribution in [3.63, 3.8) is 0 Å². The minimum atomic E-state index is 0.477. The maximum atomic E-state index is 4.11. The first-order chi connectivity index (χ1) is 4.75. The van der Waals surface area contributed by atoms with Crippen molar-refractivity contribution in [1.82, 2.24) is 9.55 Å². The van der Waals surface area contributed by atoms with Crippen LogP contribution in [0.5, 0.6) is 0 Å². The molecule has 0 spiro atoms. The van der Waals surface area contributed by atoms with Crippen molar-refractivity contribution >= 4 is 5.95 Å². The molecule has 0 aliphatic rings. The molecule has 3 heteroatoms. The number of nitrogens with one attached hydrogen (secondary N) is 1. The van der Waals surface area contributed by atoms with Gasteiger partial charge in [-0.3, -0.25) is 0 Å². The van der Waals surface area contributed by atoms with Gasteiger partial charge in [-0.15, -0.1) is 0 Å². The van der Waals surface area contributed by atoms with Crippen LogP contribution in [0.15, 0.2) is 12.4 Å². The van der Waals surface area contributed by atoms with Crippen LogP contribution in [0, 0.1) is 0 Å². The normalized spacial score (nSPS) is 10.4. The highest BCUT2D eigenvalue weighted by molar-refractivity contribution is 5.24. The van der Waals surface area contributed by atoms with Crippen LogP contribution in [0.1, 0.15) is 19.9 Å². The summed E-state index contributed by atoms with van der Waals surface area (Å²) < 4.78 is 2.08. The van der Waals surface area contributed by atoms with Gasteiger partial charge < -0.3 is 9.88 Å². The molecule has 10 heavy (non-hydrogen) atoms. The van der Waals surface area contributed by atoms with E-state index in [1.807, 2.05) is 13.2 Å². The molecule has 0 fully saturated rings. The lowest BCUT2D eigenvalue weighted by atomic mass is 10.4. The second-order valence-electron chi connectivity index (χ2n) is 2.50. The van der Waals surface area contributed by atoms with Gasteiger partial charge in [0.05, 0.1) is 0 Å². The maximum absolute atomic E-state index is 4.11. The summed E-state index contributed by atoms with van der Waals surface area (Å²) in [5, 5.41) is 3.01. The van der Waals surface area contributed by atoms with Crippen LogP contribution >= 0.6 is 0 Å². The van der Waals surface area contributed by atoms with E-state index in [1.54, 1.807) is 6.20 Å². The molecule has 1 N–H and O–H groups in total. The molecule has 0 atom stereocenters. The SMILES string of the molecule is CNc1nccn1C(C)C.